The van der Waals surface area contributed by atoms with E-state index in [9.17, 15) is 14.9 Å². The van der Waals surface area contributed by atoms with Gasteiger partial charge in [-0.05, 0) is 36.4 Å². The second-order valence-corrected chi connectivity index (χ2v) is 5.57. The molecular formula is C21H14N2O4. The Kier molecular flexibility index (Phi) is 5.15. The van der Waals surface area contributed by atoms with E-state index in [0.717, 1.165) is 0 Å². The number of carboxylic acid groups (broad SMARTS) is 1. The van der Waals surface area contributed by atoms with Crippen molar-refractivity contribution in [2.45, 2.75) is 0 Å². The van der Waals surface area contributed by atoms with Crippen LogP contribution in [-0.2, 0) is 4.79 Å². The summed E-state index contributed by atoms with van der Waals surface area (Å²) in [6.07, 6.45) is 1.35. The fourth-order valence-electron chi connectivity index (χ4n) is 2.37. The molecule has 0 radical (unpaired) electrons. The number of hydrogen-bond acceptors (Lipinski definition) is 4. The lowest BCUT2D eigenvalue weighted by molar-refractivity contribution is -0.112. The Morgan fingerprint density at radius 3 is 2.33 bits per heavy atom. The highest BCUT2D eigenvalue weighted by atomic mass is 16.4. The highest BCUT2D eigenvalue weighted by molar-refractivity contribution is 6.09. The van der Waals surface area contributed by atoms with Crippen molar-refractivity contribution in [3.8, 4) is 17.4 Å². The lowest BCUT2D eigenvalue weighted by Gasteiger charge is -2.03. The minimum atomic E-state index is -1.01. The van der Waals surface area contributed by atoms with Crippen molar-refractivity contribution in [1.82, 2.24) is 0 Å². The number of hydrogen-bond donors (Lipinski definition) is 2. The normalized spacial score (nSPS) is 10.9. The number of carboxylic acids is 1. The third-order valence-corrected chi connectivity index (χ3v) is 3.73. The summed E-state index contributed by atoms with van der Waals surface area (Å²) in [7, 11) is 0. The zero-order chi connectivity index (χ0) is 19.2. The molecular weight excluding hydrogens is 344 g/mol. The number of nitrogens with one attached hydrogen (secondary N) is 1. The highest BCUT2D eigenvalue weighted by Gasteiger charge is 2.12. The highest BCUT2D eigenvalue weighted by Crippen LogP contribution is 2.24. The van der Waals surface area contributed by atoms with Gasteiger partial charge in [-0.1, -0.05) is 30.3 Å². The average molecular weight is 358 g/mol. The molecule has 1 aromatic heterocycles. The molecule has 0 fully saturated rings. The minimum absolute atomic E-state index is 0.0963. The Balaban J connectivity index is 1.79. The van der Waals surface area contributed by atoms with Crippen LogP contribution < -0.4 is 5.32 Å². The van der Waals surface area contributed by atoms with Crippen molar-refractivity contribution in [3.05, 3.63) is 83.6 Å². The molecule has 0 bridgehead atoms. The van der Waals surface area contributed by atoms with Crippen LogP contribution in [0.3, 0.4) is 0 Å². The van der Waals surface area contributed by atoms with Crippen LogP contribution >= 0.6 is 0 Å². The molecule has 0 unspecified atom stereocenters. The Morgan fingerprint density at radius 2 is 1.70 bits per heavy atom. The number of para-hydroxylation sites is 1. The average Bonchev–Trinajstić information content (AvgIpc) is 3.15. The smallest absolute Gasteiger partial charge is 0.335 e. The van der Waals surface area contributed by atoms with Gasteiger partial charge in [0.25, 0.3) is 5.91 Å². The van der Waals surface area contributed by atoms with Gasteiger partial charge >= 0.3 is 5.97 Å². The fraction of sp³-hybridized carbons (Fsp3) is 0. The maximum atomic E-state index is 12.2. The first-order valence-electron chi connectivity index (χ1n) is 7.98. The fourth-order valence-corrected chi connectivity index (χ4v) is 2.37. The number of anilines is 1. The number of carbonyl (C=O) groups is 2. The zero-order valence-electron chi connectivity index (χ0n) is 14.0. The van der Waals surface area contributed by atoms with Crippen molar-refractivity contribution >= 4 is 23.6 Å². The van der Waals surface area contributed by atoms with Crippen LogP contribution in [0.5, 0.6) is 0 Å². The number of benzene rings is 2. The first-order chi connectivity index (χ1) is 13.1. The van der Waals surface area contributed by atoms with Gasteiger partial charge in [-0.3, -0.25) is 4.79 Å². The number of nitriles is 1. The largest absolute Gasteiger partial charge is 0.478 e. The molecule has 27 heavy (non-hydrogen) atoms. The predicted octanol–water partition coefficient (Wildman–Crippen LogP) is 4.19. The van der Waals surface area contributed by atoms with Crippen molar-refractivity contribution in [3.63, 3.8) is 0 Å². The van der Waals surface area contributed by atoms with Crippen molar-refractivity contribution in [2.75, 3.05) is 5.32 Å². The molecule has 0 saturated heterocycles. The molecule has 0 aliphatic rings. The Labute approximate surface area is 155 Å². The van der Waals surface area contributed by atoms with Crippen LogP contribution in [0.2, 0.25) is 0 Å². The van der Waals surface area contributed by atoms with Gasteiger partial charge in [0.2, 0.25) is 0 Å². The van der Waals surface area contributed by atoms with Crippen LogP contribution in [0.15, 0.2) is 76.7 Å². The first-order valence-corrected chi connectivity index (χ1v) is 7.98. The Hall–Kier alpha value is -4.11. The Morgan fingerprint density at radius 1 is 1.00 bits per heavy atom. The molecule has 3 aromatic rings. The minimum Gasteiger partial charge on any atom is -0.478 e. The van der Waals surface area contributed by atoms with Gasteiger partial charge in [0.1, 0.15) is 23.2 Å². The summed E-state index contributed by atoms with van der Waals surface area (Å²) in [5.41, 5.74) is 1.35. The summed E-state index contributed by atoms with van der Waals surface area (Å²) in [5, 5.41) is 20.8. The predicted molar refractivity (Wildman–Crippen MR) is 99.8 cm³/mol. The van der Waals surface area contributed by atoms with Crippen LogP contribution in [0.25, 0.3) is 17.4 Å². The monoisotopic (exact) mass is 358 g/mol. The van der Waals surface area contributed by atoms with Gasteiger partial charge < -0.3 is 14.8 Å². The topological polar surface area (TPSA) is 103 Å². The molecule has 6 nitrogen and oxygen atoms in total. The van der Waals surface area contributed by atoms with Crippen LogP contribution in [-0.4, -0.2) is 17.0 Å². The van der Waals surface area contributed by atoms with Gasteiger partial charge in [-0.2, -0.15) is 5.26 Å². The Bertz CT molecular complexity index is 1040. The molecule has 2 N–H and O–H groups in total. The third-order valence-electron chi connectivity index (χ3n) is 3.73. The molecule has 0 aliphatic carbocycles. The maximum absolute atomic E-state index is 12.2. The first kappa shape index (κ1) is 17.7. The van der Waals surface area contributed by atoms with Gasteiger partial charge in [-0.25, -0.2) is 4.79 Å². The summed E-state index contributed by atoms with van der Waals surface area (Å²) in [6, 6.07) is 20.2. The molecule has 0 atom stereocenters. The zero-order valence-corrected chi connectivity index (χ0v) is 14.0. The maximum Gasteiger partial charge on any atom is 0.335 e. The second kappa shape index (κ2) is 7.85. The molecule has 0 aliphatic heterocycles. The number of rotatable bonds is 5. The van der Waals surface area contributed by atoms with Crippen molar-refractivity contribution < 1.29 is 19.1 Å². The molecule has 2 aromatic carbocycles. The van der Waals surface area contributed by atoms with E-state index in [4.69, 9.17) is 9.52 Å². The van der Waals surface area contributed by atoms with E-state index in [0.29, 0.717) is 22.8 Å². The summed E-state index contributed by atoms with van der Waals surface area (Å²) in [6.45, 7) is 0. The van der Waals surface area contributed by atoms with Gasteiger partial charge in [0, 0.05) is 17.3 Å². The molecule has 3 rings (SSSR count). The summed E-state index contributed by atoms with van der Waals surface area (Å²) in [5.74, 6) is -0.703. The van der Waals surface area contributed by atoms with Crippen molar-refractivity contribution in [1.29, 1.82) is 5.26 Å². The molecule has 0 spiro atoms. The molecule has 132 valence electrons. The SMILES string of the molecule is N#CC(=Cc1ccc(-c2ccc(C(=O)O)cc2)o1)C(=O)Nc1ccccc1. The second-order valence-electron chi connectivity index (χ2n) is 5.57. The number of amides is 1. The lowest BCUT2D eigenvalue weighted by Crippen LogP contribution is -2.13. The van der Waals surface area contributed by atoms with E-state index in [1.54, 1.807) is 48.5 Å². The number of nitrogens with zero attached hydrogens (tertiary/aromatic N) is 1. The van der Waals surface area contributed by atoms with E-state index in [2.05, 4.69) is 5.32 Å². The molecule has 6 heteroatoms. The lowest BCUT2D eigenvalue weighted by atomic mass is 10.1. The summed E-state index contributed by atoms with van der Waals surface area (Å²) in [4.78, 5) is 23.1. The van der Waals surface area contributed by atoms with Crippen LogP contribution in [0.1, 0.15) is 16.1 Å². The van der Waals surface area contributed by atoms with E-state index < -0.39 is 11.9 Å². The quantitative estimate of drug-likeness (QED) is 0.526. The van der Waals surface area contributed by atoms with E-state index in [1.807, 2.05) is 12.1 Å². The van der Waals surface area contributed by atoms with Crippen LogP contribution in [0, 0.1) is 11.3 Å². The molecule has 1 heterocycles. The summed E-state index contributed by atoms with van der Waals surface area (Å²) >= 11 is 0. The third kappa shape index (κ3) is 4.30. The van der Waals surface area contributed by atoms with Gasteiger partial charge in [0.05, 0.1) is 5.56 Å². The van der Waals surface area contributed by atoms with E-state index >= 15 is 0 Å². The number of aromatic carboxylic acids is 1. The van der Waals surface area contributed by atoms with Crippen LogP contribution in [0.4, 0.5) is 5.69 Å². The molecule has 1 amide bonds. The molecule has 0 saturated carbocycles. The summed E-state index contributed by atoms with van der Waals surface area (Å²) < 4.78 is 5.65. The standard InChI is InChI=1S/C21H14N2O4/c22-13-16(20(24)23-17-4-2-1-3-5-17)12-18-10-11-19(27-18)14-6-8-15(9-7-14)21(25)26/h1-12H,(H,23,24)(H,25,26). The number of carbonyl (C=O) groups excluding carboxylic acids is 1. The number of furan rings is 1. The van der Waals surface area contributed by atoms with Gasteiger partial charge in [0.15, 0.2) is 0 Å². The van der Waals surface area contributed by atoms with E-state index in [-0.39, 0.29) is 11.1 Å². The van der Waals surface area contributed by atoms with E-state index in [1.165, 1.54) is 18.2 Å². The van der Waals surface area contributed by atoms with Gasteiger partial charge in [-0.15, -0.1) is 0 Å². The van der Waals surface area contributed by atoms with Crippen molar-refractivity contribution in [2.24, 2.45) is 0 Å².